The lowest BCUT2D eigenvalue weighted by Gasteiger charge is -2.33. The third kappa shape index (κ3) is 3.44. The SMILES string of the molecule is Clc1ccc(CN2CCCC(NC3CC3)C2)s1. The highest BCUT2D eigenvalue weighted by Gasteiger charge is 2.27. The quantitative estimate of drug-likeness (QED) is 0.904. The molecule has 3 rings (SSSR count). The van der Waals surface area contributed by atoms with Crippen molar-refractivity contribution >= 4 is 22.9 Å². The van der Waals surface area contributed by atoms with E-state index in [0.29, 0.717) is 6.04 Å². The Kier molecular flexibility index (Phi) is 3.71. The predicted octanol–water partition coefficient (Wildman–Crippen LogP) is 3.12. The zero-order valence-electron chi connectivity index (χ0n) is 9.99. The van der Waals surface area contributed by atoms with Gasteiger partial charge in [-0.3, -0.25) is 4.90 Å². The summed E-state index contributed by atoms with van der Waals surface area (Å²) in [5.74, 6) is 0. The molecule has 2 fully saturated rings. The maximum atomic E-state index is 5.97. The highest BCUT2D eigenvalue weighted by atomic mass is 35.5. The number of thiophene rings is 1. The lowest BCUT2D eigenvalue weighted by molar-refractivity contribution is 0.184. The van der Waals surface area contributed by atoms with Gasteiger partial charge < -0.3 is 5.32 Å². The number of halogens is 1. The predicted molar refractivity (Wildman–Crippen MR) is 73.8 cm³/mol. The van der Waals surface area contributed by atoms with Crippen LogP contribution in [0.15, 0.2) is 12.1 Å². The second-order valence-corrected chi connectivity index (χ2v) is 7.02. The van der Waals surface area contributed by atoms with Crippen molar-refractivity contribution in [2.45, 2.75) is 44.3 Å². The maximum absolute atomic E-state index is 5.97. The van der Waals surface area contributed by atoms with E-state index in [2.05, 4.69) is 16.3 Å². The molecule has 1 aliphatic carbocycles. The molecule has 0 radical (unpaired) electrons. The Balaban J connectivity index is 1.52. The third-order valence-electron chi connectivity index (χ3n) is 3.56. The molecule has 17 heavy (non-hydrogen) atoms. The molecule has 0 spiro atoms. The molecule has 2 aliphatic rings. The van der Waals surface area contributed by atoms with Crippen LogP contribution in [0.5, 0.6) is 0 Å². The topological polar surface area (TPSA) is 15.3 Å². The van der Waals surface area contributed by atoms with Crippen LogP contribution in [0.25, 0.3) is 0 Å². The van der Waals surface area contributed by atoms with Crippen LogP contribution in [-0.2, 0) is 6.54 Å². The summed E-state index contributed by atoms with van der Waals surface area (Å²) in [5, 5.41) is 3.75. The van der Waals surface area contributed by atoms with E-state index in [1.807, 2.05) is 6.07 Å². The Morgan fingerprint density at radius 1 is 1.29 bits per heavy atom. The van der Waals surface area contributed by atoms with E-state index in [1.165, 1.54) is 43.6 Å². The molecule has 1 saturated carbocycles. The van der Waals surface area contributed by atoms with E-state index >= 15 is 0 Å². The molecule has 0 bridgehead atoms. The molecular formula is C13H19ClN2S. The fourth-order valence-electron chi connectivity index (χ4n) is 2.58. The first-order valence-corrected chi connectivity index (χ1v) is 7.71. The summed E-state index contributed by atoms with van der Waals surface area (Å²) in [4.78, 5) is 3.95. The number of rotatable bonds is 4. The van der Waals surface area contributed by atoms with Crippen LogP contribution in [-0.4, -0.2) is 30.1 Å². The zero-order valence-corrected chi connectivity index (χ0v) is 11.6. The fraction of sp³-hybridized carbons (Fsp3) is 0.692. The second kappa shape index (κ2) is 5.27. The lowest BCUT2D eigenvalue weighted by Crippen LogP contribution is -2.45. The minimum Gasteiger partial charge on any atom is -0.310 e. The van der Waals surface area contributed by atoms with Crippen LogP contribution in [0.1, 0.15) is 30.6 Å². The van der Waals surface area contributed by atoms with E-state index in [4.69, 9.17) is 11.6 Å². The first-order valence-electron chi connectivity index (χ1n) is 6.52. The van der Waals surface area contributed by atoms with Crippen molar-refractivity contribution in [1.29, 1.82) is 0 Å². The van der Waals surface area contributed by atoms with E-state index in [0.717, 1.165) is 16.9 Å². The monoisotopic (exact) mass is 270 g/mol. The van der Waals surface area contributed by atoms with Gasteiger partial charge in [0.05, 0.1) is 4.34 Å². The van der Waals surface area contributed by atoms with Gasteiger partial charge >= 0.3 is 0 Å². The first-order chi connectivity index (χ1) is 8.29. The molecule has 94 valence electrons. The fourth-order valence-corrected chi connectivity index (χ4v) is 3.71. The Bertz CT molecular complexity index is 375. The van der Waals surface area contributed by atoms with Gasteiger partial charge in [-0.2, -0.15) is 0 Å². The molecule has 1 aromatic heterocycles. The Morgan fingerprint density at radius 3 is 2.88 bits per heavy atom. The number of hydrogen-bond donors (Lipinski definition) is 1. The normalized spacial score (nSPS) is 26.3. The third-order valence-corrected chi connectivity index (χ3v) is 4.78. The number of piperidine rings is 1. The molecule has 1 atom stereocenters. The summed E-state index contributed by atoms with van der Waals surface area (Å²) in [6.07, 6.45) is 5.44. The molecule has 1 saturated heterocycles. The lowest BCUT2D eigenvalue weighted by atomic mass is 10.1. The van der Waals surface area contributed by atoms with Gasteiger partial charge in [0.1, 0.15) is 0 Å². The van der Waals surface area contributed by atoms with Gasteiger partial charge in [-0.05, 0) is 44.4 Å². The summed E-state index contributed by atoms with van der Waals surface area (Å²) >= 11 is 7.68. The number of nitrogens with zero attached hydrogens (tertiary/aromatic N) is 1. The molecule has 4 heteroatoms. The Morgan fingerprint density at radius 2 is 2.18 bits per heavy atom. The summed E-state index contributed by atoms with van der Waals surface area (Å²) in [6, 6.07) is 5.71. The highest BCUT2D eigenvalue weighted by molar-refractivity contribution is 7.16. The van der Waals surface area contributed by atoms with Crippen molar-refractivity contribution < 1.29 is 0 Å². The average Bonchev–Trinajstić information content (AvgIpc) is 3.02. The molecule has 1 aromatic rings. The summed E-state index contributed by atoms with van der Waals surface area (Å²) in [6.45, 7) is 3.50. The average molecular weight is 271 g/mol. The van der Waals surface area contributed by atoms with Crippen LogP contribution in [0, 0.1) is 0 Å². The molecule has 1 N–H and O–H groups in total. The molecular weight excluding hydrogens is 252 g/mol. The van der Waals surface area contributed by atoms with Crippen molar-refractivity contribution in [2.75, 3.05) is 13.1 Å². The van der Waals surface area contributed by atoms with Gasteiger partial charge in [0.25, 0.3) is 0 Å². The minimum atomic E-state index is 0.715. The van der Waals surface area contributed by atoms with Gasteiger partial charge in [-0.15, -0.1) is 11.3 Å². The Hall–Kier alpha value is -0.0900. The maximum Gasteiger partial charge on any atom is 0.0931 e. The van der Waals surface area contributed by atoms with Crippen molar-refractivity contribution in [1.82, 2.24) is 10.2 Å². The minimum absolute atomic E-state index is 0.715. The van der Waals surface area contributed by atoms with Crippen LogP contribution in [0.4, 0.5) is 0 Å². The largest absolute Gasteiger partial charge is 0.310 e. The van der Waals surface area contributed by atoms with E-state index in [1.54, 1.807) is 11.3 Å². The van der Waals surface area contributed by atoms with E-state index in [-0.39, 0.29) is 0 Å². The molecule has 1 aliphatic heterocycles. The smallest absolute Gasteiger partial charge is 0.0931 e. The van der Waals surface area contributed by atoms with Gasteiger partial charge in [0.15, 0.2) is 0 Å². The zero-order chi connectivity index (χ0) is 11.7. The number of likely N-dealkylation sites (tertiary alicyclic amines) is 1. The Labute approximate surface area is 112 Å². The van der Waals surface area contributed by atoms with Crippen LogP contribution < -0.4 is 5.32 Å². The van der Waals surface area contributed by atoms with Gasteiger partial charge in [0, 0.05) is 30.1 Å². The molecule has 0 amide bonds. The second-order valence-electron chi connectivity index (χ2n) is 5.22. The number of nitrogens with one attached hydrogen (secondary N) is 1. The molecule has 2 nitrogen and oxygen atoms in total. The van der Waals surface area contributed by atoms with Crippen LogP contribution in [0.2, 0.25) is 4.34 Å². The van der Waals surface area contributed by atoms with Crippen LogP contribution >= 0.6 is 22.9 Å². The summed E-state index contributed by atoms with van der Waals surface area (Å²) in [5.41, 5.74) is 0. The van der Waals surface area contributed by atoms with Crippen molar-refractivity contribution in [2.24, 2.45) is 0 Å². The van der Waals surface area contributed by atoms with Crippen molar-refractivity contribution in [3.05, 3.63) is 21.3 Å². The first kappa shape index (κ1) is 12.0. The summed E-state index contributed by atoms with van der Waals surface area (Å²) < 4.78 is 0.907. The van der Waals surface area contributed by atoms with E-state index < -0.39 is 0 Å². The number of hydrogen-bond acceptors (Lipinski definition) is 3. The molecule has 0 aromatic carbocycles. The van der Waals surface area contributed by atoms with Gasteiger partial charge in [-0.1, -0.05) is 11.6 Å². The van der Waals surface area contributed by atoms with Gasteiger partial charge in [-0.25, -0.2) is 0 Å². The van der Waals surface area contributed by atoms with Crippen molar-refractivity contribution in [3.8, 4) is 0 Å². The van der Waals surface area contributed by atoms with Crippen molar-refractivity contribution in [3.63, 3.8) is 0 Å². The van der Waals surface area contributed by atoms with Gasteiger partial charge in [0.2, 0.25) is 0 Å². The molecule has 1 unspecified atom stereocenters. The standard InChI is InChI=1S/C13H19ClN2S/c14-13-6-5-12(17-13)9-16-7-1-2-11(8-16)15-10-3-4-10/h5-6,10-11,15H,1-4,7-9H2. The summed E-state index contributed by atoms with van der Waals surface area (Å²) in [7, 11) is 0. The van der Waals surface area contributed by atoms with E-state index in [9.17, 15) is 0 Å². The molecule has 2 heterocycles. The highest BCUT2D eigenvalue weighted by Crippen LogP contribution is 2.25. The van der Waals surface area contributed by atoms with Crippen LogP contribution in [0.3, 0.4) is 0 Å².